The lowest BCUT2D eigenvalue weighted by atomic mass is 9.58. The number of hydrogen-bond donors (Lipinski definition) is 2. The second-order valence-electron chi connectivity index (χ2n) is 16.9. The molecule has 7 aliphatic rings. The van der Waals surface area contributed by atoms with E-state index >= 15 is 0 Å². The van der Waals surface area contributed by atoms with E-state index in [9.17, 15) is 28.3 Å². The maximum atomic E-state index is 14.7. The SMILES string of the molecule is C[C@H]1[C@@H](OCCCCN(CC(=O)O)CC2=C(C(F)(F)F)O[C@@H]3O[C@@]4(C)CCC5[C@H](C)CC[C@@H]2[C@]53O4)O[C@@H]2O[C@@H](C)CCC3[C@H](C)CC[C@@H]1C32OO. The second-order valence-corrected chi connectivity index (χ2v) is 16.9. The lowest BCUT2D eigenvalue weighted by Crippen LogP contribution is -2.67. The van der Waals surface area contributed by atoms with Crippen LogP contribution in [0.3, 0.4) is 0 Å². The molecule has 5 aliphatic heterocycles. The van der Waals surface area contributed by atoms with Gasteiger partial charge in [-0.2, -0.15) is 13.2 Å². The third-order valence-corrected chi connectivity index (χ3v) is 13.7. The van der Waals surface area contributed by atoms with Crippen molar-refractivity contribution in [1.82, 2.24) is 4.90 Å². The summed E-state index contributed by atoms with van der Waals surface area (Å²) in [4.78, 5) is 18.9. The molecular formula is C37H56F3NO10. The van der Waals surface area contributed by atoms with E-state index in [4.69, 9.17) is 33.3 Å². The van der Waals surface area contributed by atoms with Gasteiger partial charge in [0.2, 0.25) is 12.0 Å². The Labute approximate surface area is 298 Å². The third kappa shape index (κ3) is 6.44. The van der Waals surface area contributed by atoms with Crippen molar-refractivity contribution in [3.8, 4) is 0 Å². The average Bonchev–Trinajstić information content (AvgIpc) is 3.17. The Morgan fingerprint density at radius 1 is 0.941 bits per heavy atom. The van der Waals surface area contributed by atoms with Gasteiger partial charge in [0.15, 0.2) is 24.0 Å². The monoisotopic (exact) mass is 731 g/mol. The first kappa shape index (κ1) is 37.8. The van der Waals surface area contributed by atoms with Crippen LogP contribution in [0.5, 0.6) is 0 Å². The van der Waals surface area contributed by atoms with Gasteiger partial charge in [0.25, 0.3) is 0 Å². The highest BCUT2D eigenvalue weighted by Gasteiger charge is 2.72. The molecule has 7 rings (SSSR count). The van der Waals surface area contributed by atoms with E-state index in [1.807, 2.05) is 6.92 Å². The number of carboxylic acid groups (broad SMARTS) is 1. The molecule has 0 aromatic rings. The van der Waals surface area contributed by atoms with Crippen molar-refractivity contribution >= 4 is 5.97 Å². The zero-order valence-electron chi connectivity index (χ0n) is 30.5. The number of aliphatic carboxylic acids is 1. The Morgan fingerprint density at radius 3 is 2.39 bits per heavy atom. The van der Waals surface area contributed by atoms with E-state index in [0.29, 0.717) is 38.2 Å². The first-order chi connectivity index (χ1) is 24.1. The first-order valence-corrected chi connectivity index (χ1v) is 19.2. The highest BCUT2D eigenvalue weighted by atomic mass is 19.4. The number of carbonyl (C=O) groups is 1. The minimum Gasteiger partial charge on any atom is -0.480 e. The second kappa shape index (κ2) is 14.0. The van der Waals surface area contributed by atoms with Crippen LogP contribution in [0.1, 0.15) is 98.8 Å². The van der Waals surface area contributed by atoms with Crippen molar-refractivity contribution in [2.45, 2.75) is 147 Å². The van der Waals surface area contributed by atoms with E-state index in [1.165, 1.54) is 0 Å². The zero-order chi connectivity index (χ0) is 36.5. The highest BCUT2D eigenvalue weighted by Crippen LogP contribution is 2.64. The largest absolute Gasteiger partial charge is 0.480 e. The molecule has 4 saturated heterocycles. The van der Waals surface area contributed by atoms with E-state index in [0.717, 1.165) is 38.5 Å². The maximum Gasteiger partial charge on any atom is 0.449 e. The molecule has 0 amide bonds. The Bertz CT molecular complexity index is 1330. The summed E-state index contributed by atoms with van der Waals surface area (Å²) >= 11 is 0. The van der Waals surface area contributed by atoms with Crippen molar-refractivity contribution in [2.75, 3.05) is 26.2 Å². The fourth-order valence-corrected chi connectivity index (χ4v) is 11.3. The summed E-state index contributed by atoms with van der Waals surface area (Å²) in [5.41, 5.74) is -1.95. The van der Waals surface area contributed by atoms with Gasteiger partial charge in [-0.15, -0.1) is 0 Å². The summed E-state index contributed by atoms with van der Waals surface area (Å²) in [7, 11) is 0. The van der Waals surface area contributed by atoms with Gasteiger partial charge < -0.3 is 33.5 Å². The van der Waals surface area contributed by atoms with Crippen molar-refractivity contribution in [2.24, 2.45) is 41.4 Å². The fraction of sp³-hybridized carbons (Fsp3) is 0.919. The summed E-state index contributed by atoms with van der Waals surface area (Å²) in [6, 6.07) is 0. The molecular weight excluding hydrogens is 675 g/mol. The first-order valence-electron chi connectivity index (χ1n) is 19.2. The number of allylic oxidation sites excluding steroid dienone is 1. The topological polar surface area (TPSA) is 125 Å². The molecule has 6 fully saturated rings. The molecule has 0 aromatic heterocycles. The summed E-state index contributed by atoms with van der Waals surface area (Å²) in [5.74, 6) is -3.30. The van der Waals surface area contributed by atoms with E-state index in [1.54, 1.807) is 11.8 Å². The smallest absolute Gasteiger partial charge is 0.449 e. The average molecular weight is 732 g/mol. The number of alkyl halides is 3. The summed E-state index contributed by atoms with van der Waals surface area (Å²) in [6.07, 6.45) is -0.223. The fourth-order valence-electron chi connectivity index (χ4n) is 11.3. The molecule has 3 unspecified atom stereocenters. The third-order valence-electron chi connectivity index (χ3n) is 13.7. The molecule has 11 nitrogen and oxygen atoms in total. The Balaban J connectivity index is 1.03. The van der Waals surface area contributed by atoms with Crippen LogP contribution >= 0.6 is 0 Å². The summed E-state index contributed by atoms with van der Waals surface area (Å²) in [6.45, 7) is 10.1. The van der Waals surface area contributed by atoms with Crippen LogP contribution in [0.2, 0.25) is 0 Å². The lowest BCUT2D eigenvalue weighted by molar-refractivity contribution is -0.460. The Kier molecular flexibility index (Phi) is 10.3. The van der Waals surface area contributed by atoms with Gasteiger partial charge in [-0.1, -0.05) is 20.8 Å². The number of carboxylic acids is 1. The minimum absolute atomic E-state index is 0.0281. The number of hydrogen-bond acceptors (Lipinski definition) is 10. The zero-order valence-corrected chi connectivity index (χ0v) is 30.5. The standard InChI is InChI=1S/C37H56F3NO10/c1-20-8-11-27-23(4)31(48-32-36(27,51-44)25(20)13-10-22(3)46-32)45-17-7-6-16-41(19-29(42)43)18-24-28-12-9-21(2)26-14-15-34(5)49-33(35(26,28)50-34)47-30(24)37(38,39)40/h20-23,25-28,31-33,44H,6-19H2,1-5H3,(H,42,43)/t20-,21-,22+,23-,25?,26?,27+,28+,31+,32+,33-,34-,35-,36?/m1/s1. The predicted octanol–water partition coefficient (Wildman–Crippen LogP) is 6.71. The molecule has 2 bridgehead atoms. The predicted molar refractivity (Wildman–Crippen MR) is 175 cm³/mol. The number of ether oxygens (including phenoxy) is 6. The molecule has 2 aliphatic carbocycles. The van der Waals surface area contributed by atoms with Gasteiger partial charge in [-0.3, -0.25) is 15.0 Å². The molecule has 1 spiro atoms. The summed E-state index contributed by atoms with van der Waals surface area (Å²) < 4.78 is 81.5. The number of unbranched alkanes of at least 4 members (excludes halogenated alkanes) is 1. The molecule has 14 heteroatoms. The van der Waals surface area contributed by atoms with Crippen molar-refractivity contribution in [3.05, 3.63) is 11.3 Å². The Morgan fingerprint density at radius 2 is 1.67 bits per heavy atom. The molecule has 0 aromatic carbocycles. The van der Waals surface area contributed by atoms with Crippen LogP contribution in [0.25, 0.3) is 0 Å². The molecule has 0 radical (unpaired) electrons. The van der Waals surface area contributed by atoms with E-state index < -0.39 is 66.2 Å². The molecule has 290 valence electrons. The highest BCUT2D eigenvalue weighted by molar-refractivity contribution is 5.69. The quantitative estimate of drug-likeness (QED) is 0.134. The van der Waals surface area contributed by atoms with E-state index in [2.05, 4.69) is 20.8 Å². The van der Waals surface area contributed by atoms with Crippen LogP contribution in [-0.4, -0.2) is 95.6 Å². The lowest BCUT2D eigenvalue weighted by Gasteiger charge is -2.57. The normalized spacial score (nSPS) is 46.3. The van der Waals surface area contributed by atoms with Crippen LogP contribution in [-0.2, 0) is 38.1 Å². The van der Waals surface area contributed by atoms with E-state index in [-0.39, 0.29) is 54.4 Å². The summed E-state index contributed by atoms with van der Waals surface area (Å²) in [5, 5.41) is 20.2. The van der Waals surface area contributed by atoms with Crippen molar-refractivity contribution in [1.29, 1.82) is 0 Å². The van der Waals surface area contributed by atoms with Gasteiger partial charge in [-0.25, -0.2) is 4.89 Å². The number of fused-ring (bicyclic) bond motifs is 1. The van der Waals surface area contributed by atoms with Gasteiger partial charge in [0, 0.05) is 37.3 Å². The number of rotatable bonds is 11. The van der Waals surface area contributed by atoms with Crippen LogP contribution < -0.4 is 0 Å². The molecule has 5 heterocycles. The number of nitrogens with zero attached hydrogens (tertiary/aromatic N) is 1. The van der Waals surface area contributed by atoms with Crippen LogP contribution in [0.4, 0.5) is 13.2 Å². The minimum atomic E-state index is -4.77. The van der Waals surface area contributed by atoms with Crippen LogP contribution in [0.15, 0.2) is 11.3 Å². The molecule has 14 atom stereocenters. The molecule has 2 saturated carbocycles. The number of halogens is 3. The van der Waals surface area contributed by atoms with Crippen molar-refractivity contribution < 1.29 is 61.6 Å². The van der Waals surface area contributed by atoms with Gasteiger partial charge in [0.1, 0.15) is 5.60 Å². The molecule has 51 heavy (non-hydrogen) atoms. The maximum absolute atomic E-state index is 14.7. The molecule has 2 N–H and O–H groups in total. The van der Waals surface area contributed by atoms with Crippen molar-refractivity contribution in [3.63, 3.8) is 0 Å². The van der Waals surface area contributed by atoms with Crippen LogP contribution in [0, 0.1) is 41.4 Å². The Hall–Kier alpha value is -1.52. The van der Waals surface area contributed by atoms with Gasteiger partial charge in [0.05, 0.1) is 12.6 Å². The van der Waals surface area contributed by atoms with Gasteiger partial charge in [-0.05, 0) is 107 Å². The van der Waals surface area contributed by atoms with Gasteiger partial charge >= 0.3 is 12.1 Å².